The molecule has 0 spiro atoms. The maximum absolute atomic E-state index is 11.9. The van der Waals surface area contributed by atoms with Gasteiger partial charge in [-0.15, -0.1) is 0 Å². The highest BCUT2D eigenvalue weighted by Gasteiger charge is 2.23. The summed E-state index contributed by atoms with van der Waals surface area (Å²) in [5.74, 6) is 0.611. The number of rotatable bonds is 6. The number of amides is 2. The zero-order valence-corrected chi connectivity index (χ0v) is 16.4. The van der Waals surface area contributed by atoms with Gasteiger partial charge in [-0.05, 0) is 51.8 Å². The van der Waals surface area contributed by atoms with Gasteiger partial charge in [0.1, 0.15) is 16.6 Å². The van der Waals surface area contributed by atoms with E-state index in [1.807, 2.05) is 27.7 Å². The quantitative estimate of drug-likeness (QED) is 0.762. The number of hydrogen-bond acceptors (Lipinski definition) is 5. The number of aromatic nitrogens is 1. The van der Waals surface area contributed by atoms with Crippen LogP contribution in [0.1, 0.15) is 46.1 Å². The number of ether oxygens (including phenoxy) is 2. The van der Waals surface area contributed by atoms with Crippen molar-refractivity contribution in [1.82, 2.24) is 10.3 Å². The van der Waals surface area contributed by atoms with Gasteiger partial charge in [0.15, 0.2) is 0 Å². The molecule has 0 unspecified atom stereocenters. The number of nitrogens with zero attached hydrogens (tertiary/aromatic N) is 2. The normalized spacial score (nSPS) is 15.9. The number of nitrogens with one attached hydrogen (secondary N) is 1. The minimum Gasteiger partial charge on any atom is -0.444 e. The van der Waals surface area contributed by atoms with E-state index in [0.717, 1.165) is 12.0 Å². The molecule has 0 aromatic carbocycles. The lowest BCUT2D eigenvalue weighted by Gasteiger charge is -2.22. The van der Waals surface area contributed by atoms with Gasteiger partial charge >= 0.3 is 6.09 Å². The summed E-state index contributed by atoms with van der Waals surface area (Å²) in [5.41, 5.74) is 0.283. The first kappa shape index (κ1) is 20.5. The number of carbonyl (C=O) groups is 2. The first-order chi connectivity index (χ1) is 12.1. The van der Waals surface area contributed by atoms with Crippen molar-refractivity contribution in [2.45, 2.75) is 58.8 Å². The van der Waals surface area contributed by atoms with Gasteiger partial charge in [0, 0.05) is 13.0 Å². The number of anilines is 1. The summed E-state index contributed by atoms with van der Waals surface area (Å²) in [4.78, 5) is 29.4. The molecule has 2 rings (SSSR count). The third-order valence-corrected chi connectivity index (χ3v) is 3.78. The fraction of sp³-hybridized carbons (Fsp3) is 0.611. The van der Waals surface area contributed by atoms with Crippen molar-refractivity contribution >= 4 is 29.4 Å². The van der Waals surface area contributed by atoms with Gasteiger partial charge < -0.3 is 14.8 Å². The largest absolute Gasteiger partial charge is 0.444 e. The lowest BCUT2D eigenvalue weighted by molar-refractivity contribution is -0.117. The highest BCUT2D eigenvalue weighted by molar-refractivity contribution is 6.29. The highest BCUT2D eigenvalue weighted by Crippen LogP contribution is 2.23. The van der Waals surface area contributed by atoms with Crippen molar-refractivity contribution in [3.8, 4) is 0 Å². The summed E-state index contributed by atoms with van der Waals surface area (Å²) < 4.78 is 10.9. The van der Waals surface area contributed by atoms with Crippen molar-refractivity contribution in [3.05, 3.63) is 22.8 Å². The summed E-state index contributed by atoms with van der Waals surface area (Å²) >= 11 is 6.07. The molecule has 0 saturated carbocycles. The van der Waals surface area contributed by atoms with E-state index in [4.69, 9.17) is 21.1 Å². The standard InChI is InChI=1S/C18H26ClN3O4/c1-12(20-17(24)26-18(2,3)4)10-25-11-13-8-14(19)21-15(9-13)22-7-5-6-16(22)23/h8-9,12H,5-7,10-11H2,1-4H3,(H,20,24)/t12-/m1/s1. The van der Waals surface area contributed by atoms with Gasteiger partial charge in [-0.2, -0.15) is 0 Å². The maximum atomic E-state index is 11.9. The number of carbonyl (C=O) groups excluding carboxylic acids is 2. The molecule has 0 radical (unpaired) electrons. The van der Waals surface area contributed by atoms with E-state index in [1.165, 1.54) is 0 Å². The Morgan fingerprint density at radius 2 is 2.15 bits per heavy atom. The summed E-state index contributed by atoms with van der Waals surface area (Å²) in [5, 5.41) is 3.04. The molecule has 2 amide bonds. The van der Waals surface area contributed by atoms with Crippen molar-refractivity contribution in [1.29, 1.82) is 0 Å². The van der Waals surface area contributed by atoms with E-state index in [-0.39, 0.29) is 11.9 Å². The fourth-order valence-electron chi connectivity index (χ4n) is 2.55. The van der Waals surface area contributed by atoms with Crippen molar-refractivity contribution in [3.63, 3.8) is 0 Å². The summed E-state index contributed by atoms with van der Waals surface area (Å²) in [6, 6.07) is 3.31. The molecule has 2 heterocycles. The van der Waals surface area contributed by atoms with E-state index in [0.29, 0.717) is 37.2 Å². The fourth-order valence-corrected chi connectivity index (χ4v) is 2.78. The van der Waals surface area contributed by atoms with Crippen molar-refractivity contribution < 1.29 is 19.1 Å². The number of hydrogen-bond donors (Lipinski definition) is 1. The number of halogens is 1. The molecule has 1 aromatic heterocycles. The molecule has 26 heavy (non-hydrogen) atoms. The molecule has 7 nitrogen and oxygen atoms in total. The molecule has 0 bridgehead atoms. The molecule has 1 aliphatic heterocycles. The molecule has 1 fully saturated rings. The van der Waals surface area contributed by atoms with Crippen LogP contribution in [0.5, 0.6) is 0 Å². The van der Waals surface area contributed by atoms with Crippen LogP contribution in [-0.4, -0.2) is 41.8 Å². The molecular weight excluding hydrogens is 358 g/mol. The molecule has 1 aliphatic rings. The van der Waals surface area contributed by atoms with E-state index >= 15 is 0 Å². The smallest absolute Gasteiger partial charge is 0.407 e. The molecule has 1 saturated heterocycles. The second-order valence-electron chi connectivity index (χ2n) is 7.37. The molecule has 1 N–H and O–H groups in total. The Hall–Kier alpha value is -1.86. The van der Waals surface area contributed by atoms with Gasteiger partial charge in [0.05, 0.1) is 19.3 Å². The monoisotopic (exact) mass is 383 g/mol. The highest BCUT2D eigenvalue weighted by atomic mass is 35.5. The third kappa shape index (κ3) is 6.46. The molecule has 8 heteroatoms. The molecule has 0 aliphatic carbocycles. The minimum atomic E-state index is -0.540. The average molecular weight is 384 g/mol. The second-order valence-corrected chi connectivity index (χ2v) is 7.75. The van der Waals surface area contributed by atoms with Crippen LogP contribution in [0.25, 0.3) is 0 Å². The molecule has 144 valence electrons. The van der Waals surface area contributed by atoms with Crippen molar-refractivity contribution in [2.75, 3.05) is 18.1 Å². The van der Waals surface area contributed by atoms with E-state index < -0.39 is 11.7 Å². The second kappa shape index (κ2) is 8.68. The average Bonchev–Trinajstić information content (AvgIpc) is 2.90. The van der Waals surface area contributed by atoms with E-state index in [9.17, 15) is 9.59 Å². The SMILES string of the molecule is C[C@H](COCc1cc(Cl)nc(N2CCCC2=O)c1)NC(=O)OC(C)(C)C. The Bertz CT molecular complexity index is 660. The number of alkyl carbamates (subject to hydrolysis) is 1. The Labute approximate surface area is 159 Å². The summed E-state index contributed by atoms with van der Waals surface area (Å²) in [7, 11) is 0. The summed E-state index contributed by atoms with van der Waals surface area (Å²) in [6.45, 7) is 8.53. The Morgan fingerprint density at radius 1 is 1.42 bits per heavy atom. The molecular formula is C18H26ClN3O4. The van der Waals surface area contributed by atoms with Gasteiger partial charge in [-0.3, -0.25) is 9.69 Å². The van der Waals surface area contributed by atoms with Crippen LogP contribution in [-0.2, 0) is 20.9 Å². The minimum absolute atomic E-state index is 0.0572. The topological polar surface area (TPSA) is 80.8 Å². The predicted octanol–water partition coefficient (Wildman–Crippen LogP) is 3.29. The Morgan fingerprint density at radius 3 is 2.77 bits per heavy atom. The molecule has 1 atom stereocenters. The van der Waals surface area contributed by atoms with Crippen LogP contribution in [0, 0.1) is 0 Å². The van der Waals surface area contributed by atoms with Crippen LogP contribution in [0.3, 0.4) is 0 Å². The summed E-state index contributed by atoms with van der Waals surface area (Å²) in [6.07, 6.45) is 0.885. The third-order valence-electron chi connectivity index (χ3n) is 3.59. The number of pyridine rings is 1. The Kier molecular flexibility index (Phi) is 6.83. The van der Waals surface area contributed by atoms with Gasteiger partial charge in [0.25, 0.3) is 0 Å². The van der Waals surface area contributed by atoms with E-state index in [2.05, 4.69) is 10.3 Å². The van der Waals surface area contributed by atoms with Gasteiger partial charge in [-0.1, -0.05) is 11.6 Å². The van der Waals surface area contributed by atoms with Crippen LogP contribution in [0.2, 0.25) is 5.15 Å². The lowest BCUT2D eigenvalue weighted by Crippen LogP contribution is -2.39. The van der Waals surface area contributed by atoms with Crippen LogP contribution >= 0.6 is 11.6 Å². The van der Waals surface area contributed by atoms with Gasteiger partial charge in [-0.25, -0.2) is 9.78 Å². The van der Waals surface area contributed by atoms with Crippen LogP contribution < -0.4 is 10.2 Å². The lowest BCUT2D eigenvalue weighted by atomic mass is 10.2. The molecule has 1 aromatic rings. The van der Waals surface area contributed by atoms with Crippen LogP contribution in [0.4, 0.5) is 10.6 Å². The predicted molar refractivity (Wildman–Crippen MR) is 99.3 cm³/mol. The first-order valence-corrected chi connectivity index (χ1v) is 9.06. The zero-order valence-electron chi connectivity index (χ0n) is 15.7. The van der Waals surface area contributed by atoms with Crippen molar-refractivity contribution in [2.24, 2.45) is 0 Å². The zero-order chi connectivity index (χ0) is 19.3. The van der Waals surface area contributed by atoms with Crippen LogP contribution in [0.15, 0.2) is 12.1 Å². The van der Waals surface area contributed by atoms with Gasteiger partial charge in [0.2, 0.25) is 5.91 Å². The first-order valence-electron chi connectivity index (χ1n) is 8.68. The Balaban J connectivity index is 1.84. The van der Waals surface area contributed by atoms with E-state index in [1.54, 1.807) is 17.0 Å². The maximum Gasteiger partial charge on any atom is 0.407 e.